The van der Waals surface area contributed by atoms with Crippen molar-refractivity contribution in [1.82, 2.24) is 5.32 Å². The predicted octanol–water partition coefficient (Wildman–Crippen LogP) is 5.80. The van der Waals surface area contributed by atoms with Gasteiger partial charge in [-0.15, -0.1) is 0 Å². The van der Waals surface area contributed by atoms with Crippen molar-refractivity contribution in [2.24, 2.45) is 0 Å². The Hall–Kier alpha value is -2.06. The van der Waals surface area contributed by atoms with Crippen LogP contribution in [-0.4, -0.2) is 14.3 Å². The van der Waals surface area contributed by atoms with Crippen LogP contribution in [0.2, 0.25) is 10.0 Å². The Kier molecular flexibility index (Phi) is 7.08. The summed E-state index contributed by atoms with van der Waals surface area (Å²) in [5, 5.41) is 3.67. The van der Waals surface area contributed by atoms with E-state index in [4.69, 9.17) is 23.2 Å². The highest BCUT2D eigenvalue weighted by Crippen LogP contribution is 2.26. The molecule has 30 heavy (non-hydrogen) atoms. The zero-order valence-electron chi connectivity index (χ0n) is 15.7. The van der Waals surface area contributed by atoms with Gasteiger partial charge in [-0.25, -0.2) is 8.42 Å². The molecule has 3 rings (SSSR count). The van der Waals surface area contributed by atoms with Crippen LogP contribution in [0.5, 0.6) is 0 Å². The number of halogens is 3. The van der Waals surface area contributed by atoms with Gasteiger partial charge in [0.15, 0.2) is 0 Å². The van der Waals surface area contributed by atoms with Crippen LogP contribution in [0.1, 0.15) is 21.5 Å². The van der Waals surface area contributed by atoms with Gasteiger partial charge in [-0.3, -0.25) is 9.52 Å². The average Bonchev–Trinajstić information content (AvgIpc) is 2.70. The molecular weight excluding hydrogens is 511 g/mol. The maximum absolute atomic E-state index is 12.8. The second-order valence-corrected chi connectivity index (χ2v) is 9.92. The number of amides is 1. The van der Waals surface area contributed by atoms with Gasteiger partial charge in [-0.05, 0) is 76.4 Å². The monoisotopic (exact) mass is 526 g/mol. The first-order valence-electron chi connectivity index (χ1n) is 8.77. The highest BCUT2D eigenvalue weighted by atomic mass is 79.9. The molecule has 0 aliphatic rings. The van der Waals surface area contributed by atoms with Crippen molar-refractivity contribution in [3.05, 3.63) is 91.9 Å². The molecule has 0 heterocycles. The Morgan fingerprint density at radius 2 is 1.80 bits per heavy atom. The SMILES string of the molecule is Cc1ccc(Br)c(NS(=O)(=O)c2cccc(C(=O)NCc3ccc(Cl)cc3Cl)c2)c1. The van der Waals surface area contributed by atoms with Gasteiger partial charge in [0.2, 0.25) is 0 Å². The molecule has 5 nitrogen and oxygen atoms in total. The molecule has 0 saturated heterocycles. The maximum atomic E-state index is 12.8. The number of benzene rings is 3. The van der Waals surface area contributed by atoms with E-state index in [1.54, 1.807) is 36.4 Å². The second-order valence-electron chi connectivity index (χ2n) is 6.54. The molecule has 3 aromatic rings. The Bertz CT molecular complexity index is 1220. The maximum Gasteiger partial charge on any atom is 0.261 e. The summed E-state index contributed by atoms with van der Waals surface area (Å²) in [6, 6.07) is 16.1. The van der Waals surface area contributed by atoms with Gasteiger partial charge >= 0.3 is 0 Å². The molecule has 2 N–H and O–H groups in total. The minimum Gasteiger partial charge on any atom is -0.348 e. The van der Waals surface area contributed by atoms with Gasteiger partial charge in [-0.2, -0.15) is 0 Å². The van der Waals surface area contributed by atoms with Gasteiger partial charge in [0.25, 0.3) is 15.9 Å². The highest BCUT2D eigenvalue weighted by Gasteiger charge is 2.18. The summed E-state index contributed by atoms with van der Waals surface area (Å²) in [4.78, 5) is 12.5. The lowest BCUT2D eigenvalue weighted by Crippen LogP contribution is -2.23. The molecule has 0 aliphatic carbocycles. The fourth-order valence-electron chi connectivity index (χ4n) is 2.67. The van der Waals surface area contributed by atoms with E-state index in [0.717, 1.165) is 5.56 Å². The molecule has 156 valence electrons. The number of anilines is 1. The smallest absolute Gasteiger partial charge is 0.261 e. The van der Waals surface area contributed by atoms with Crippen molar-refractivity contribution in [3.63, 3.8) is 0 Å². The Labute approximate surface area is 193 Å². The van der Waals surface area contributed by atoms with Crippen LogP contribution in [0.3, 0.4) is 0 Å². The van der Waals surface area contributed by atoms with Crippen LogP contribution in [0.15, 0.2) is 70.0 Å². The molecular formula is C21H17BrCl2N2O3S. The molecule has 0 saturated carbocycles. The number of rotatable bonds is 6. The highest BCUT2D eigenvalue weighted by molar-refractivity contribution is 9.10. The lowest BCUT2D eigenvalue weighted by atomic mass is 10.2. The van der Waals surface area contributed by atoms with Crippen molar-refractivity contribution in [2.45, 2.75) is 18.4 Å². The first kappa shape index (κ1) is 22.6. The van der Waals surface area contributed by atoms with E-state index in [0.29, 0.717) is 25.8 Å². The van der Waals surface area contributed by atoms with Crippen molar-refractivity contribution in [3.8, 4) is 0 Å². The third-order valence-corrected chi connectivity index (χ3v) is 6.87. The molecule has 1 amide bonds. The second kappa shape index (κ2) is 9.39. The van der Waals surface area contributed by atoms with E-state index >= 15 is 0 Å². The topological polar surface area (TPSA) is 75.3 Å². The summed E-state index contributed by atoms with van der Waals surface area (Å²) in [5.74, 6) is -0.421. The molecule has 9 heteroatoms. The Morgan fingerprint density at radius 3 is 2.53 bits per heavy atom. The van der Waals surface area contributed by atoms with Crippen molar-refractivity contribution < 1.29 is 13.2 Å². The van der Waals surface area contributed by atoms with E-state index in [1.165, 1.54) is 18.2 Å². The molecule has 0 bridgehead atoms. The number of sulfonamides is 1. The number of hydrogen-bond donors (Lipinski definition) is 2. The van der Waals surface area contributed by atoms with E-state index in [9.17, 15) is 13.2 Å². The van der Waals surface area contributed by atoms with E-state index in [1.807, 2.05) is 13.0 Å². The number of aryl methyl sites for hydroxylation is 1. The Morgan fingerprint density at radius 1 is 1.03 bits per heavy atom. The van der Waals surface area contributed by atoms with E-state index < -0.39 is 15.9 Å². The lowest BCUT2D eigenvalue weighted by molar-refractivity contribution is 0.0950. The third-order valence-electron chi connectivity index (χ3n) is 4.23. The zero-order valence-corrected chi connectivity index (χ0v) is 19.7. The quantitative estimate of drug-likeness (QED) is 0.425. The molecule has 3 aromatic carbocycles. The van der Waals surface area contributed by atoms with Crippen molar-refractivity contribution in [1.29, 1.82) is 0 Å². The van der Waals surface area contributed by atoms with Gasteiger partial charge in [0.05, 0.1) is 10.6 Å². The molecule has 0 spiro atoms. The summed E-state index contributed by atoms with van der Waals surface area (Å²) in [6.07, 6.45) is 0. The largest absolute Gasteiger partial charge is 0.348 e. The van der Waals surface area contributed by atoms with Crippen LogP contribution in [0.25, 0.3) is 0 Å². The van der Waals surface area contributed by atoms with Gasteiger partial charge in [0, 0.05) is 26.6 Å². The standard InChI is InChI=1S/C21H17BrCl2N2O3S/c1-13-5-8-18(22)20(9-13)26-30(28,29)17-4-2-3-14(10-17)21(27)25-12-15-6-7-16(23)11-19(15)24/h2-11,26H,12H2,1H3,(H,25,27). The van der Waals surface area contributed by atoms with Crippen molar-refractivity contribution >= 4 is 60.7 Å². The predicted molar refractivity (Wildman–Crippen MR) is 124 cm³/mol. The fraction of sp³-hybridized carbons (Fsp3) is 0.0952. The zero-order chi connectivity index (χ0) is 21.9. The van der Waals surface area contributed by atoms with E-state index in [2.05, 4.69) is 26.0 Å². The van der Waals surface area contributed by atoms with E-state index in [-0.39, 0.29) is 17.0 Å². The fourth-order valence-corrected chi connectivity index (χ4v) is 4.74. The molecule has 0 unspecified atom stereocenters. The Balaban J connectivity index is 1.77. The molecule has 0 radical (unpaired) electrons. The van der Waals surface area contributed by atoms with Gasteiger partial charge in [0.1, 0.15) is 0 Å². The third kappa shape index (κ3) is 5.55. The first-order valence-corrected chi connectivity index (χ1v) is 11.8. The number of carbonyl (C=O) groups excluding carboxylic acids is 1. The number of hydrogen-bond acceptors (Lipinski definition) is 3. The average molecular weight is 528 g/mol. The van der Waals surface area contributed by atoms with Crippen LogP contribution < -0.4 is 10.0 Å². The lowest BCUT2D eigenvalue weighted by Gasteiger charge is -2.12. The molecule has 0 fully saturated rings. The van der Waals surface area contributed by atoms with Gasteiger partial charge in [-0.1, -0.05) is 41.4 Å². The van der Waals surface area contributed by atoms with Crippen LogP contribution in [0.4, 0.5) is 5.69 Å². The van der Waals surface area contributed by atoms with Crippen LogP contribution in [0, 0.1) is 6.92 Å². The molecule has 0 aliphatic heterocycles. The first-order chi connectivity index (χ1) is 14.2. The number of carbonyl (C=O) groups is 1. The van der Waals surface area contributed by atoms with Crippen LogP contribution >= 0.6 is 39.1 Å². The van der Waals surface area contributed by atoms with Crippen LogP contribution in [-0.2, 0) is 16.6 Å². The van der Waals surface area contributed by atoms with Crippen molar-refractivity contribution in [2.75, 3.05) is 4.72 Å². The molecule has 0 aromatic heterocycles. The summed E-state index contributed by atoms with van der Waals surface area (Å²) in [6.45, 7) is 2.04. The summed E-state index contributed by atoms with van der Waals surface area (Å²) < 4.78 is 28.8. The summed E-state index contributed by atoms with van der Waals surface area (Å²) in [7, 11) is -3.88. The minimum absolute atomic E-state index is 0.0203. The van der Waals surface area contributed by atoms with Gasteiger partial charge < -0.3 is 5.32 Å². The summed E-state index contributed by atoms with van der Waals surface area (Å²) >= 11 is 15.3. The normalized spacial score (nSPS) is 11.2. The summed E-state index contributed by atoms with van der Waals surface area (Å²) in [5.41, 5.74) is 2.24. The molecule has 0 atom stereocenters. The number of nitrogens with one attached hydrogen (secondary N) is 2. The minimum atomic E-state index is -3.88.